The molecule has 98 valence electrons. The third kappa shape index (κ3) is 9.94. The van der Waals surface area contributed by atoms with E-state index in [9.17, 15) is 4.79 Å². The van der Waals surface area contributed by atoms with Crippen molar-refractivity contribution in [1.29, 1.82) is 0 Å². The second kappa shape index (κ2) is 9.11. The van der Waals surface area contributed by atoms with Gasteiger partial charge in [0.05, 0.1) is 6.61 Å². The predicted octanol–water partition coefficient (Wildman–Crippen LogP) is 3.67. The molecule has 0 unspecified atom stereocenters. The monoisotopic (exact) mass is 256 g/mol. The Balaban J connectivity index is 0. The molecule has 1 aromatic rings. The van der Waals surface area contributed by atoms with Gasteiger partial charge in [0.2, 0.25) is 0 Å². The molecular weight excluding hydrogens is 232 g/mol. The van der Waals surface area contributed by atoms with Gasteiger partial charge >= 0.3 is 5.97 Å². The zero-order chi connectivity index (χ0) is 12.6. The van der Waals surface area contributed by atoms with Crippen molar-refractivity contribution in [2.75, 3.05) is 6.61 Å². The molecule has 0 saturated carbocycles. The summed E-state index contributed by atoms with van der Waals surface area (Å²) in [6, 6.07) is 10.6. The van der Waals surface area contributed by atoms with Crippen molar-refractivity contribution in [3.05, 3.63) is 35.9 Å². The van der Waals surface area contributed by atoms with Crippen LogP contribution in [0.2, 0.25) is 0 Å². The normalized spacial score (nSPS) is 9.47. The maximum Gasteiger partial charge on any atom is 0.302 e. The molecule has 3 heteroatoms. The molecule has 1 aromatic carbocycles. The molecule has 0 atom stereocenters. The SMILES string of the molecule is CC(C)(C)c1ccccc1.CCOC(C)=O.S. The molecule has 0 bridgehead atoms. The number of carbonyl (C=O) groups is 1. The Labute approximate surface area is 112 Å². The fourth-order valence-corrected chi connectivity index (χ4v) is 1.14. The van der Waals surface area contributed by atoms with E-state index >= 15 is 0 Å². The summed E-state index contributed by atoms with van der Waals surface area (Å²) in [5, 5.41) is 0. The lowest BCUT2D eigenvalue weighted by atomic mass is 9.87. The van der Waals surface area contributed by atoms with E-state index in [0.29, 0.717) is 12.0 Å². The van der Waals surface area contributed by atoms with Crippen LogP contribution in [0.3, 0.4) is 0 Å². The van der Waals surface area contributed by atoms with Crippen LogP contribution in [0.4, 0.5) is 0 Å². The fraction of sp³-hybridized carbons (Fsp3) is 0.500. The summed E-state index contributed by atoms with van der Waals surface area (Å²) in [6.07, 6.45) is 0. The Hall–Kier alpha value is -0.960. The molecule has 0 heterocycles. The third-order valence-corrected chi connectivity index (χ3v) is 1.99. The highest BCUT2D eigenvalue weighted by atomic mass is 32.1. The zero-order valence-electron chi connectivity index (χ0n) is 11.4. The molecule has 0 aliphatic rings. The summed E-state index contributed by atoms with van der Waals surface area (Å²) < 4.78 is 4.40. The van der Waals surface area contributed by atoms with Crippen molar-refractivity contribution < 1.29 is 9.53 Å². The van der Waals surface area contributed by atoms with Crippen molar-refractivity contribution in [2.24, 2.45) is 0 Å². The van der Waals surface area contributed by atoms with E-state index in [1.807, 2.05) is 0 Å². The van der Waals surface area contributed by atoms with E-state index in [4.69, 9.17) is 0 Å². The second-order valence-electron chi connectivity index (χ2n) is 4.54. The van der Waals surface area contributed by atoms with Crippen LogP contribution in [-0.2, 0) is 14.9 Å². The number of benzene rings is 1. The minimum absolute atomic E-state index is 0. The average molecular weight is 256 g/mol. The van der Waals surface area contributed by atoms with Crippen molar-refractivity contribution in [3.8, 4) is 0 Å². The lowest BCUT2D eigenvalue weighted by molar-refractivity contribution is -0.140. The molecule has 0 N–H and O–H groups in total. The van der Waals surface area contributed by atoms with Gasteiger partial charge in [0, 0.05) is 6.92 Å². The molecular formula is C14H24O2S. The van der Waals surface area contributed by atoms with Crippen LogP contribution in [0, 0.1) is 0 Å². The highest BCUT2D eigenvalue weighted by Gasteiger charge is 2.11. The highest BCUT2D eigenvalue weighted by Crippen LogP contribution is 2.20. The smallest absolute Gasteiger partial charge is 0.302 e. The first-order chi connectivity index (χ1) is 7.38. The van der Waals surface area contributed by atoms with Gasteiger partial charge in [-0.25, -0.2) is 0 Å². The Morgan fingerprint density at radius 3 is 1.82 bits per heavy atom. The van der Waals surface area contributed by atoms with Gasteiger partial charge in [0.15, 0.2) is 0 Å². The maximum atomic E-state index is 9.82. The Morgan fingerprint density at radius 2 is 1.65 bits per heavy atom. The zero-order valence-corrected chi connectivity index (χ0v) is 12.4. The molecule has 0 aromatic heterocycles. The van der Waals surface area contributed by atoms with Crippen molar-refractivity contribution in [2.45, 2.75) is 40.0 Å². The summed E-state index contributed by atoms with van der Waals surface area (Å²) in [5.41, 5.74) is 1.69. The van der Waals surface area contributed by atoms with E-state index in [1.165, 1.54) is 12.5 Å². The van der Waals surface area contributed by atoms with Crippen LogP contribution in [0.15, 0.2) is 30.3 Å². The average Bonchev–Trinajstić information content (AvgIpc) is 2.18. The maximum absolute atomic E-state index is 9.82. The summed E-state index contributed by atoms with van der Waals surface area (Å²) in [7, 11) is 0. The lowest BCUT2D eigenvalue weighted by Crippen LogP contribution is -2.10. The van der Waals surface area contributed by atoms with E-state index in [-0.39, 0.29) is 19.5 Å². The molecule has 0 radical (unpaired) electrons. The minimum atomic E-state index is -0.211. The molecule has 0 aliphatic carbocycles. The van der Waals surface area contributed by atoms with Gasteiger partial charge in [-0.3, -0.25) is 4.79 Å². The molecule has 0 amide bonds. The predicted molar refractivity (Wildman–Crippen MR) is 77.8 cm³/mol. The molecule has 0 spiro atoms. The third-order valence-electron chi connectivity index (χ3n) is 1.99. The van der Waals surface area contributed by atoms with Crippen molar-refractivity contribution in [3.63, 3.8) is 0 Å². The van der Waals surface area contributed by atoms with E-state index in [0.717, 1.165) is 0 Å². The van der Waals surface area contributed by atoms with E-state index in [2.05, 4.69) is 55.8 Å². The number of esters is 1. The fourth-order valence-electron chi connectivity index (χ4n) is 1.14. The number of hydrogen-bond donors (Lipinski definition) is 0. The number of rotatable bonds is 1. The van der Waals surface area contributed by atoms with Crippen LogP contribution < -0.4 is 0 Å². The summed E-state index contributed by atoms with van der Waals surface area (Å²) in [4.78, 5) is 9.82. The number of carbonyl (C=O) groups excluding carboxylic acids is 1. The largest absolute Gasteiger partial charge is 0.466 e. The molecule has 1 rings (SSSR count). The Kier molecular flexibility index (Phi) is 9.86. The van der Waals surface area contributed by atoms with Crippen LogP contribution in [0.25, 0.3) is 0 Å². The van der Waals surface area contributed by atoms with Crippen LogP contribution in [-0.4, -0.2) is 12.6 Å². The van der Waals surface area contributed by atoms with E-state index < -0.39 is 0 Å². The second-order valence-corrected chi connectivity index (χ2v) is 4.54. The first kappa shape index (κ1) is 18.4. The topological polar surface area (TPSA) is 26.3 Å². The minimum Gasteiger partial charge on any atom is -0.466 e. The number of hydrogen-bond acceptors (Lipinski definition) is 2. The Morgan fingerprint density at radius 1 is 1.18 bits per heavy atom. The van der Waals surface area contributed by atoms with Crippen LogP contribution in [0.1, 0.15) is 40.2 Å². The summed E-state index contributed by atoms with van der Waals surface area (Å²) in [5.74, 6) is -0.211. The van der Waals surface area contributed by atoms with Gasteiger partial charge in [-0.15, -0.1) is 0 Å². The summed E-state index contributed by atoms with van der Waals surface area (Å²) >= 11 is 0. The van der Waals surface area contributed by atoms with Crippen LogP contribution >= 0.6 is 13.5 Å². The lowest BCUT2D eigenvalue weighted by Gasteiger charge is -2.18. The highest BCUT2D eigenvalue weighted by molar-refractivity contribution is 7.59. The summed E-state index contributed by atoms with van der Waals surface area (Å²) in [6.45, 7) is 10.3. The van der Waals surface area contributed by atoms with E-state index in [1.54, 1.807) is 6.92 Å². The van der Waals surface area contributed by atoms with Gasteiger partial charge in [-0.1, -0.05) is 51.1 Å². The standard InChI is InChI=1S/C10H14.C4H8O2.H2S/c1-10(2,3)9-7-5-4-6-8-9;1-3-6-4(2)5;/h4-8H,1-3H3;3H2,1-2H3;1H2. The molecule has 0 aliphatic heterocycles. The van der Waals surface area contributed by atoms with Crippen molar-refractivity contribution in [1.82, 2.24) is 0 Å². The quantitative estimate of drug-likeness (QED) is 0.717. The van der Waals surface area contributed by atoms with Gasteiger partial charge in [0.1, 0.15) is 0 Å². The molecule has 0 saturated heterocycles. The first-order valence-corrected chi connectivity index (χ1v) is 5.56. The molecule has 2 nitrogen and oxygen atoms in total. The first-order valence-electron chi connectivity index (χ1n) is 5.56. The Bertz CT molecular complexity index is 302. The van der Waals surface area contributed by atoms with Crippen molar-refractivity contribution >= 4 is 19.5 Å². The van der Waals surface area contributed by atoms with Gasteiger partial charge in [-0.05, 0) is 17.9 Å². The van der Waals surface area contributed by atoms with Gasteiger partial charge < -0.3 is 4.74 Å². The van der Waals surface area contributed by atoms with Crippen LogP contribution in [0.5, 0.6) is 0 Å². The number of ether oxygens (including phenoxy) is 1. The molecule has 0 fully saturated rings. The molecule has 17 heavy (non-hydrogen) atoms. The van der Waals surface area contributed by atoms with Gasteiger partial charge in [-0.2, -0.15) is 13.5 Å². The van der Waals surface area contributed by atoms with Gasteiger partial charge in [0.25, 0.3) is 0 Å².